The van der Waals surface area contributed by atoms with Crippen molar-refractivity contribution in [3.63, 3.8) is 0 Å². The molecule has 0 aliphatic carbocycles. The van der Waals surface area contributed by atoms with E-state index in [9.17, 15) is 19.5 Å². The molecule has 1 atom stereocenters. The summed E-state index contributed by atoms with van der Waals surface area (Å²) >= 11 is 7.71. The second-order valence-corrected chi connectivity index (χ2v) is 7.75. The van der Waals surface area contributed by atoms with Crippen LogP contribution in [0.3, 0.4) is 0 Å². The molecule has 10 heteroatoms. The summed E-state index contributed by atoms with van der Waals surface area (Å²) in [6.45, 7) is 1.08. The van der Waals surface area contributed by atoms with Crippen molar-refractivity contribution in [3.8, 4) is 0 Å². The number of halogens is 2. The maximum atomic E-state index is 12.0. The number of rotatable bonds is 3. The van der Waals surface area contributed by atoms with Crippen LogP contribution in [0.2, 0.25) is 0 Å². The molecule has 0 unspecified atom stereocenters. The fraction of sp³-hybridized carbons (Fsp3) is 0.364. The van der Waals surface area contributed by atoms with E-state index < -0.39 is 17.8 Å². The molecule has 0 N–H and O–H groups in total. The largest absolute Gasteiger partial charge is 1.00 e. The van der Waals surface area contributed by atoms with Gasteiger partial charge in [-0.1, -0.05) is 0 Å². The summed E-state index contributed by atoms with van der Waals surface area (Å²) in [6, 6.07) is 0. The number of nitrogens with zero attached hydrogens (tertiary/aromatic N) is 1. The molecule has 0 saturated carbocycles. The van der Waals surface area contributed by atoms with Crippen LogP contribution in [0.1, 0.15) is 6.92 Å². The predicted octanol–water partition coefficient (Wildman–Crippen LogP) is -2.53. The van der Waals surface area contributed by atoms with Gasteiger partial charge in [0.15, 0.2) is 0 Å². The molecule has 0 radical (unpaired) electrons. The van der Waals surface area contributed by atoms with Crippen LogP contribution in [0.4, 0.5) is 0 Å². The predicted molar refractivity (Wildman–Crippen MR) is 76.6 cm³/mol. The van der Waals surface area contributed by atoms with E-state index in [2.05, 4.69) is 31.9 Å². The Kier molecular flexibility index (Phi) is 7.01. The average molecular weight is 449 g/mol. The molecular weight excluding hydrogens is 441 g/mol. The van der Waals surface area contributed by atoms with Crippen LogP contribution in [0, 0.1) is 0 Å². The van der Waals surface area contributed by atoms with Crippen molar-refractivity contribution in [2.75, 3.05) is 12.4 Å². The number of hydrogen-bond acceptors (Lipinski definition) is 6. The van der Waals surface area contributed by atoms with Crippen molar-refractivity contribution < 1.29 is 53.8 Å². The van der Waals surface area contributed by atoms with Gasteiger partial charge in [0.05, 0.1) is 20.6 Å². The van der Waals surface area contributed by atoms with Crippen LogP contribution in [0.15, 0.2) is 20.2 Å². The van der Waals surface area contributed by atoms with E-state index in [0.717, 1.165) is 4.90 Å². The van der Waals surface area contributed by atoms with E-state index in [1.165, 1.54) is 18.7 Å². The number of thioether (sulfide) groups is 1. The fourth-order valence-electron chi connectivity index (χ4n) is 1.92. The molecule has 1 fully saturated rings. The average Bonchev–Trinajstić information content (AvgIpc) is 2.34. The van der Waals surface area contributed by atoms with Crippen LogP contribution in [-0.2, 0) is 19.1 Å². The number of aliphatic carboxylic acids is 1. The molecule has 6 nitrogen and oxygen atoms in total. The van der Waals surface area contributed by atoms with Crippen molar-refractivity contribution in [1.29, 1.82) is 0 Å². The molecule has 21 heavy (non-hydrogen) atoms. The van der Waals surface area contributed by atoms with Crippen LogP contribution in [0.25, 0.3) is 0 Å². The summed E-state index contributed by atoms with van der Waals surface area (Å²) in [5, 5.41) is 10.9. The number of carbonyl (C=O) groups is 3. The third kappa shape index (κ3) is 3.76. The zero-order valence-corrected chi connectivity index (χ0v) is 17.1. The molecule has 0 aromatic rings. The van der Waals surface area contributed by atoms with Gasteiger partial charge in [0.25, 0.3) is 5.91 Å². The van der Waals surface area contributed by atoms with E-state index in [-0.39, 0.29) is 47.2 Å². The Balaban J connectivity index is 0.00000220. The van der Waals surface area contributed by atoms with E-state index in [1.54, 1.807) is 0 Å². The topological polar surface area (TPSA) is 86.7 Å². The first-order chi connectivity index (χ1) is 9.34. The van der Waals surface area contributed by atoms with Crippen molar-refractivity contribution in [1.82, 2.24) is 4.90 Å². The van der Waals surface area contributed by atoms with E-state index in [0.29, 0.717) is 20.3 Å². The van der Waals surface area contributed by atoms with Gasteiger partial charge in [-0.2, -0.15) is 0 Å². The summed E-state index contributed by atoms with van der Waals surface area (Å²) in [5.41, 5.74) is 0.629. The first kappa shape index (κ1) is 19.2. The molecule has 1 saturated heterocycles. The molecular formula is C11H8Br2NNaO5S. The quantitative estimate of drug-likeness (QED) is 0.205. The SMILES string of the molecule is CC(=O)OCC1=C(C(=O)[O-])N2C(=O)C(=C(Br)Br)[C@H]2SC1.[Na+]. The second kappa shape index (κ2) is 7.65. The standard InChI is InChI=1S/C11H9Br2NO5S.Na/c1-4(15)19-2-5-3-20-10-6(8(12)13)9(16)14(10)7(5)11(17)18;/h10H,2-3H2,1H3,(H,17,18);/q;+1/p-1/t10-;/m1./s1. The molecule has 1 amide bonds. The van der Waals surface area contributed by atoms with Crippen molar-refractivity contribution in [2.24, 2.45) is 0 Å². The van der Waals surface area contributed by atoms with E-state index in [4.69, 9.17) is 4.74 Å². The number of amides is 1. The smallest absolute Gasteiger partial charge is 0.543 e. The van der Waals surface area contributed by atoms with Gasteiger partial charge in [-0.3, -0.25) is 14.5 Å². The first-order valence-corrected chi connectivity index (χ1v) is 8.05. The number of ether oxygens (including phenoxy) is 1. The third-order valence-electron chi connectivity index (χ3n) is 2.77. The molecule has 0 aromatic carbocycles. The Morgan fingerprint density at radius 2 is 2.10 bits per heavy atom. The van der Waals surface area contributed by atoms with E-state index in [1.807, 2.05) is 0 Å². The van der Waals surface area contributed by atoms with Crippen LogP contribution in [0.5, 0.6) is 0 Å². The molecule has 108 valence electrons. The summed E-state index contributed by atoms with van der Waals surface area (Å²) < 4.78 is 5.31. The maximum Gasteiger partial charge on any atom is 1.00 e. The number of hydrogen-bond donors (Lipinski definition) is 0. The molecule has 0 spiro atoms. The maximum absolute atomic E-state index is 12.0. The Bertz CT molecular complexity index is 573. The van der Waals surface area contributed by atoms with Crippen LogP contribution < -0.4 is 34.7 Å². The first-order valence-electron chi connectivity index (χ1n) is 5.41. The summed E-state index contributed by atoms with van der Waals surface area (Å²) in [4.78, 5) is 35.2. The Morgan fingerprint density at radius 1 is 1.48 bits per heavy atom. The van der Waals surface area contributed by atoms with Gasteiger partial charge in [-0.05, 0) is 31.9 Å². The molecule has 0 bridgehead atoms. The molecule has 2 aliphatic heterocycles. The fourth-order valence-corrected chi connectivity index (χ4v) is 4.31. The van der Waals surface area contributed by atoms with Crippen molar-refractivity contribution >= 4 is 61.5 Å². The third-order valence-corrected chi connectivity index (χ3v) is 4.90. The number of β-lactam (4-membered cyclic amide) rings is 1. The summed E-state index contributed by atoms with van der Waals surface area (Å²) in [5.74, 6) is -2.02. The van der Waals surface area contributed by atoms with Gasteiger partial charge in [-0.15, -0.1) is 11.8 Å². The van der Waals surface area contributed by atoms with Crippen LogP contribution >= 0.6 is 43.6 Å². The number of carboxylic acids is 1. The van der Waals surface area contributed by atoms with E-state index >= 15 is 0 Å². The molecule has 2 aliphatic rings. The van der Waals surface area contributed by atoms with Gasteiger partial charge in [0, 0.05) is 18.2 Å². The minimum atomic E-state index is -1.45. The molecule has 0 aromatic heterocycles. The number of fused-ring (bicyclic) bond motifs is 1. The Labute approximate surface area is 163 Å². The number of carboxylic acid groups (broad SMARTS) is 1. The Hall–Kier alpha value is 0.200. The van der Waals surface area contributed by atoms with Gasteiger partial charge >= 0.3 is 35.5 Å². The summed E-state index contributed by atoms with van der Waals surface area (Å²) in [6.07, 6.45) is 0. The van der Waals surface area contributed by atoms with Crippen molar-refractivity contribution in [2.45, 2.75) is 12.3 Å². The molecule has 2 rings (SSSR count). The van der Waals surface area contributed by atoms with Gasteiger partial charge < -0.3 is 14.6 Å². The molecule has 2 heterocycles. The summed E-state index contributed by atoms with van der Waals surface area (Å²) in [7, 11) is 0. The minimum absolute atomic E-state index is 0. The number of esters is 1. The normalized spacial score (nSPS) is 20.3. The second-order valence-electron chi connectivity index (χ2n) is 4.03. The minimum Gasteiger partial charge on any atom is -0.543 e. The zero-order valence-electron chi connectivity index (χ0n) is 11.1. The monoisotopic (exact) mass is 447 g/mol. The zero-order chi connectivity index (χ0) is 15.0. The van der Waals surface area contributed by atoms with Gasteiger partial charge in [0.2, 0.25) is 0 Å². The van der Waals surface area contributed by atoms with Crippen molar-refractivity contribution in [3.05, 3.63) is 20.2 Å². The Morgan fingerprint density at radius 3 is 2.57 bits per heavy atom. The van der Waals surface area contributed by atoms with Crippen LogP contribution in [-0.4, -0.2) is 40.5 Å². The van der Waals surface area contributed by atoms with Gasteiger partial charge in [0.1, 0.15) is 12.0 Å². The van der Waals surface area contributed by atoms with Gasteiger partial charge in [-0.25, -0.2) is 0 Å². The number of carbonyl (C=O) groups excluding carboxylic acids is 3.